The highest BCUT2D eigenvalue weighted by molar-refractivity contribution is 7.18. The van der Waals surface area contributed by atoms with Crippen LogP contribution in [-0.4, -0.2) is 15.8 Å². The summed E-state index contributed by atoms with van der Waals surface area (Å²) in [7, 11) is 0. The van der Waals surface area contributed by atoms with E-state index in [9.17, 15) is 14.9 Å². The molecular formula is C10H8N4O3S. The molecule has 0 aliphatic carbocycles. The van der Waals surface area contributed by atoms with Gasteiger partial charge in [-0.25, -0.2) is 4.98 Å². The molecule has 1 heterocycles. The fourth-order valence-electron chi connectivity index (χ4n) is 1.21. The monoisotopic (exact) mass is 264 g/mol. The lowest BCUT2D eigenvalue weighted by Crippen LogP contribution is -2.11. The van der Waals surface area contributed by atoms with E-state index >= 15 is 0 Å². The Bertz CT molecular complexity index is 593. The lowest BCUT2D eigenvalue weighted by molar-refractivity contribution is -0.380. The number of carbonyl (C=O) groups is 1. The fourth-order valence-corrected chi connectivity index (χ4v) is 1.84. The molecule has 0 saturated carbocycles. The Balaban J connectivity index is 2.11. The van der Waals surface area contributed by atoms with Gasteiger partial charge in [0.05, 0.1) is 4.92 Å². The number of nitrogen functional groups attached to an aromatic ring is 1. The molecule has 2 rings (SSSR count). The first-order valence-electron chi connectivity index (χ1n) is 4.83. The van der Waals surface area contributed by atoms with Crippen molar-refractivity contribution >= 4 is 33.1 Å². The fraction of sp³-hybridized carbons (Fsp3) is 0. The number of amides is 1. The molecule has 92 valence electrons. The van der Waals surface area contributed by atoms with E-state index in [1.165, 1.54) is 0 Å². The van der Waals surface area contributed by atoms with Crippen LogP contribution in [0.25, 0.3) is 0 Å². The van der Waals surface area contributed by atoms with Gasteiger partial charge in [0.25, 0.3) is 5.91 Å². The number of nitrogens with two attached hydrogens (primary N) is 1. The van der Waals surface area contributed by atoms with Crippen LogP contribution in [0, 0.1) is 10.1 Å². The van der Waals surface area contributed by atoms with Crippen LogP contribution < -0.4 is 11.1 Å². The van der Waals surface area contributed by atoms with Crippen molar-refractivity contribution in [2.75, 3.05) is 11.1 Å². The van der Waals surface area contributed by atoms with E-state index in [-0.39, 0.29) is 16.0 Å². The van der Waals surface area contributed by atoms with Crippen molar-refractivity contribution in [2.24, 2.45) is 0 Å². The standard InChI is InChI=1S/C10H8N4O3S/c11-7-3-1-6(2-4-7)9(15)13-10-12-5-8(18-10)14(16)17/h1-5H,11H2,(H,12,13,15). The van der Waals surface area contributed by atoms with Gasteiger partial charge < -0.3 is 5.73 Å². The van der Waals surface area contributed by atoms with Crippen molar-refractivity contribution in [1.29, 1.82) is 0 Å². The topological polar surface area (TPSA) is 111 Å². The molecule has 8 heteroatoms. The molecule has 0 spiro atoms. The molecule has 0 radical (unpaired) electrons. The third-order valence-corrected chi connectivity index (χ3v) is 2.93. The van der Waals surface area contributed by atoms with Crippen molar-refractivity contribution < 1.29 is 9.72 Å². The molecule has 0 aliphatic heterocycles. The first kappa shape index (κ1) is 12.0. The zero-order valence-corrected chi connectivity index (χ0v) is 9.81. The van der Waals surface area contributed by atoms with E-state index in [0.717, 1.165) is 17.5 Å². The quantitative estimate of drug-likeness (QED) is 0.499. The van der Waals surface area contributed by atoms with Crippen LogP contribution in [0.4, 0.5) is 15.8 Å². The number of hydrogen-bond donors (Lipinski definition) is 2. The average Bonchev–Trinajstić information content (AvgIpc) is 2.78. The van der Waals surface area contributed by atoms with Crippen LogP contribution in [0.15, 0.2) is 30.5 Å². The van der Waals surface area contributed by atoms with Crippen LogP contribution in [0.5, 0.6) is 0 Å². The number of rotatable bonds is 3. The van der Waals surface area contributed by atoms with Gasteiger partial charge >= 0.3 is 5.00 Å². The molecule has 3 N–H and O–H groups in total. The van der Waals surface area contributed by atoms with Gasteiger partial charge in [-0.1, -0.05) is 0 Å². The van der Waals surface area contributed by atoms with Gasteiger partial charge in [-0.15, -0.1) is 0 Å². The van der Waals surface area contributed by atoms with Crippen LogP contribution >= 0.6 is 11.3 Å². The van der Waals surface area contributed by atoms with Gasteiger partial charge in [0, 0.05) is 11.3 Å². The molecule has 0 saturated heterocycles. The summed E-state index contributed by atoms with van der Waals surface area (Å²) in [6.07, 6.45) is 1.10. The SMILES string of the molecule is Nc1ccc(C(=O)Nc2ncc([N+](=O)[O-])s2)cc1. The molecule has 0 fully saturated rings. The molecule has 0 unspecified atom stereocenters. The molecule has 2 aromatic rings. The zero-order chi connectivity index (χ0) is 13.1. The Labute approximate surface area is 105 Å². The van der Waals surface area contributed by atoms with E-state index in [0.29, 0.717) is 11.3 Å². The molecule has 7 nitrogen and oxygen atoms in total. The number of nitrogens with one attached hydrogen (secondary N) is 1. The lowest BCUT2D eigenvalue weighted by Gasteiger charge is -2.01. The lowest BCUT2D eigenvalue weighted by atomic mass is 10.2. The molecular weight excluding hydrogens is 256 g/mol. The highest BCUT2D eigenvalue weighted by Gasteiger charge is 2.14. The maximum atomic E-state index is 11.7. The second-order valence-corrected chi connectivity index (χ2v) is 4.35. The Morgan fingerprint density at radius 1 is 1.39 bits per heavy atom. The summed E-state index contributed by atoms with van der Waals surface area (Å²) in [6.45, 7) is 0. The maximum Gasteiger partial charge on any atom is 0.345 e. The Morgan fingerprint density at radius 2 is 2.06 bits per heavy atom. The summed E-state index contributed by atoms with van der Waals surface area (Å²) >= 11 is 0.800. The third kappa shape index (κ3) is 2.61. The van der Waals surface area contributed by atoms with Crippen LogP contribution in [0.2, 0.25) is 0 Å². The Morgan fingerprint density at radius 3 is 2.61 bits per heavy atom. The number of hydrogen-bond acceptors (Lipinski definition) is 6. The van der Waals surface area contributed by atoms with Crippen molar-refractivity contribution in [3.63, 3.8) is 0 Å². The predicted octanol–water partition coefficient (Wildman–Crippen LogP) is 1.89. The minimum Gasteiger partial charge on any atom is -0.399 e. The van der Waals surface area contributed by atoms with Gasteiger partial charge in [0.2, 0.25) is 0 Å². The number of benzene rings is 1. The number of nitrogens with zero attached hydrogens (tertiary/aromatic N) is 2. The second kappa shape index (κ2) is 4.80. The van der Waals surface area contributed by atoms with Gasteiger partial charge in [-0.3, -0.25) is 20.2 Å². The third-order valence-electron chi connectivity index (χ3n) is 2.07. The van der Waals surface area contributed by atoms with Crippen molar-refractivity contribution in [3.8, 4) is 0 Å². The highest BCUT2D eigenvalue weighted by Crippen LogP contribution is 2.25. The van der Waals surface area contributed by atoms with Gasteiger partial charge in [-0.2, -0.15) is 0 Å². The number of carbonyl (C=O) groups excluding carboxylic acids is 1. The van der Waals surface area contributed by atoms with Gasteiger partial charge in [0.1, 0.15) is 6.20 Å². The van der Waals surface area contributed by atoms with E-state index in [1.54, 1.807) is 24.3 Å². The Hall–Kier alpha value is -2.48. The number of aromatic nitrogens is 1. The van der Waals surface area contributed by atoms with E-state index in [1.807, 2.05) is 0 Å². The minimum atomic E-state index is -0.559. The van der Waals surface area contributed by atoms with Crippen LogP contribution in [-0.2, 0) is 0 Å². The zero-order valence-electron chi connectivity index (χ0n) is 8.99. The molecule has 1 aromatic carbocycles. The summed E-state index contributed by atoms with van der Waals surface area (Å²) in [5, 5.41) is 13.0. The second-order valence-electron chi connectivity index (χ2n) is 3.34. The normalized spacial score (nSPS) is 10.0. The highest BCUT2D eigenvalue weighted by atomic mass is 32.1. The summed E-state index contributed by atoms with van der Waals surface area (Å²) in [5.41, 5.74) is 6.46. The van der Waals surface area contributed by atoms with Crippen LogP contribution in [0.3, 0.4) is 0 Å². The summed E-state index contributed by atoms with van der Waals surface area (Å²) < 4.78 is 0. The van der Waals surface area contributed by atoms with E-state index in [4.69, 9.17) is 5.73 Å². The molecule has 0 aliphatic rings. The smallest absolute Gasteiger partial charge is 0.345 e. The van der Waals surface area contributed by atoms with Crippen molar-refractivity contribution in [3.05, 3.63) is 46.1 Å². The average molecular weight is 264 g/mol. The van der Waals surface area contributed by atoms with Crippen molar-refractivity contribution in [1.82, 2.24) is 4.98 Å². The molecule has 18 heavy (non-hydrogen) atoms. The molecule has 1 amide bonds. The summed E-state index contributed by atoms with van der Waals surface area (Å²) in [6, 6.07) is 6.32. The summed E-state index contributed by atoms with van der Waals surface area (Å²) in [4.78, 5) is 25.4. The maximum absolute atomic E-state index is 11.7. The van der Waals surface area contributed by atoms with Gasteiger partial charge in [-0.05, 0) is 35.6 Å². The largest absolute Gasteiger partial charge is 0.399 e. The van der Waals surface area contributed by atoms with E-state index < -0.39 is 4.92 Å². The molecule has 1 aromatic heterocycles. The predicted molar refractivity (Wildman–Crippen MR) is 67.6 cm³/mol. The summed E-state index contributed by atoms with van der Waals surface area (Å²) in [5.74, 6) is -0.390. The van der Waals surface area contributed by atoms with Crippen molar-refractivity contribution in [2.45, 2.75) is 0 Å². The molecule has 0 atom stereocenters. The molecule has 0 bridgehead atoms. The number of thiazole rings is 1. The van der Waals surface area contributed by atoms with Gasteiger partial charge in [0.15, 0.2) is 5.13 Å². The Kier molecular flexibility index (Phi) is 3.20. The minimum absolute atomic E-state index is 0.123. The number of anilines is 2. The first-order valence-corrected chi connectivity index (χ1v) is 5.65. The van der Waals surface area contributed by atoms with Crippen LogP contribution in [0.1, 0.15) is 10.4 Å². The number of nitro groups is 1. The first-order chi connectivity index (χ1) is 8.56. The van der Waals surface area contributed by atoms with E-state index in [2.05, 4.69) is 10.3 Å².